The Morgan fingerprint density at radius 2 is 0.944 bits per heavy atom. The normalized spacial score (nSPS) is 11.2. The third-order valence-electron chi connectivity index (χ3n) is 6.92. The van der Waals surface area contributed by atoms with Crippen molar-refractivity contribution in [3.8, 4) is 0 Å². The molecule has 5 rings (SSSR count). The molecular formula is C30H28N2O4. The molecule has 0 aliphatic carbocycles. The summed E-state index contributed by atoms with van der Waals surface area (Å²) < 4.78 is 14.5. The number of benzene rings is 3. The van der Waals surface area contributed by atoms with E-state index in [0.717, 1.165) is 55.4 Å². The van der Waals surface area contributed by atoms with Crippen LogP contribution in [0.4, 0.5) is 9.59 Å². The van der Waals surface area contributed by atoms with E-state index in [9.17, 15) is 9.59 Å². The molecule has 5 aromatic rings. The first-order valence-electron chi connectivity index (χ1n) is 11.9. The molecule has 36 heavy (non-hydrogen) atoms. The molecule has 0 aliphatic heterocycles. The summed E-state index contributed by atoms with van der Waals surface area (Å²) in [7, 11) is 0. The molecule has 0 amide bonds. The highest BCUT2D eigenvalue weighted by atomic mass is 16.6. The Bertz CT molecular complexity index is 1470. The van der Waals surface area contributed by atoms with Gasteiger partial charge in [0.2, 0.25) is 0 Å². The van der Waals surface area contributed by atoms with E-state index < -0.39 is 12.2 Å². The summed E-state index contributed by atoms with van der Waals surface area (Å²) in [5, 5.41) is 1.88. The highest BCUT2D eigenvalue weighted by Crippen LogP contribution is 2.37. The van der Waals surface area contributed by atoms with Crippen LogP contribution in [0.25, 0.3) is 21.8 Å². The van der Waals surface area contributed by atoms with Crippen LogP contribution in [0.5, 0.6) is 0 Å². The highest BCUT2D eigenvalue weighted by molar-refractivity contribution is 6.13. The Kier molecular flexibility index (Phi) is 6.10. The van der Waals surface area contributed by atoms with E-state index in [2.05, 4.69) is 0 Å². The Hall–Kier alpha value is -4.32. The van der Waals surface area contributed by atoms with E-state index in [1.807, 2.05) is 100 Å². The minimum atomic E-state index is -0.426. The van der Waals surface area contributed by atoms with Crippen LogP contribution >= 0.6 is 0 Å². The first-order chi connectivity index (χ1) is 17.4. The molecule has 0 unspecified atom stereocenters. The van der Waals surface area contributed by atoms with Crippen molar-refractivity contribution in [2.24, 2.45) is 0 Å². The number of fused-ring (bicyclic) bond motifs is 3. The maximum atomic E-state index is 13.1. The smallest absolute Gasteiger partial charge is 0.419 e. The summed E-state index contributed by atoms with van der Waals surface area (Å²) in [5.74, 6) is 0. The number of hydrogen-bond acceptors (Lipinski definition) is 4. The fourth-order valence-electron chi connectivity index (χ4n) is 4.81. The lowest BCUT2D eigenvalue weighted by Gasteiger charge is -2.10. The molecule has 0 atom stereocenters. The van der Waals surface area contributed by atoms with Crippen molar-refractivity contribution >= 4 is 34.0 Å². The lowest BCUT2D eigenvalue weighted by Crippen LogP contribution is -2.15. The number of hydrogen-bond donors (Lipinski definition) is 0. The standard InChI is InChI=1S/C30H28N2O4/c1-19-21(3)31(29(33)35-17-23-11-7-5-8-12-23)25-15-16-26-28(27(19)25)20(2)22(4)32(26)30(34)36-18-24-13-9-6-10-14-24/h5-16H,17-18H2,1-4H3. The van der Waals surface area contributed by atoms with Crippen LogP contribution in [0.15, 0.2) is 72.8 Å². The van der Waals surface area contributed by atoms with Gasteiger partial charge in [-0.1, -0.05) is 60.7 Å². The molecule has 0 spiro atoms. The van der Waals surface area contributed by atoms with Gasteiger partial charge in [-0.2, -0.15) is 0 Å². The maximum absolute atomic E-state index is 13.1. The lowest BCUT2D eigenvalue weighted by molar-refractivity contribution is 0.141. The van der Waals surface area contributed by atoms with Crippen molar-refractivity contribution in [1.29, 1.82) is 0 Å². The minimum absolute atomic E-state index is 0.196. The summed E-state index contributed by atoms with van der Waals surface area (Å²) in [6.07, 6.45) is -0.852. The summed E-state index contributed by atoms with van der Waals surface area (Å²) in [5.41, 5.74) is 6.95. The van der Waals surface area contributed by atoms with E-state index in [4.69, 9.17) is 9.47 Å². The van der Waals surface area contributed by atoms with Gasteiger partial charge >= 0.3 is 12.2 Å². The highest BCUT2D eigenvalue weighted by Gasteiger charge is 2.25. The van der Waals surface area contributed by atoms with Crippen molar-refractivity contribution in [2.45, 2.75) is 40.9 Å². The van der Waals surface area contributed by atoms with E-state index in [1.54, 1.807) is 9.13 Å². The van der Waals surface area contributed by atoms with Crippen molar-refractivity contribution < 1.29 is 19.1 Å². The number of rotatable bonds is 4. The fraction of sp³-hybridized carbons (Fsp3) is 0.200. The molecule has 2 aromatic heterocycles. The third kappa shape index (κ3) is 3.94. The van der Waals surface area contributed by atoms with Gasteiger partial charge in [-0.05, 0) is 62.1 Å². The maximum Gasteiger partial charge on any atom is 0.419 e. The van der Waals surface area contributed by atoms with Crippen LogP contribution < -0.4 is 0 Å². The Morgan fingerprint density at radius 1 is 0.583 bits per heavy atom. The second-order valence-electron chi connectivity index (χ2n) is 9.03. The van der Waals surface area contributed by atoms with E-state index in [0.29, 0.717) is 0 Å². The predicted molar refractivity (Wildman–Crippen MR) is 140 cm³/mol. The van der Waals surface area contributed by atoms with Gasteiger partial charge in [0.25, 0.3) is 0 Å². The van der Waals surface area contributed by atoms with E-state index in [-0.39, 0.29) is 13.2 Å². The average Bonchev–Trinajstić information content (AvgIpc) is 3.31. The zero-order valence-corrected chi connectivity index (χ0v) is 20.9. The van der Waals surface area contributed by atoms with Gasteiger partial charge in [-0.25, -0.2) is 18.7 Å². The topological polar surface area (TPSA) is 62.5 Å². The monoisotopic (exact) mass is 480 g/mol. The molecule has 3 aromatic carbocycles. The van der Waals surface area contributed by atoms with E-state index >= 15 is 0 Å². The van der Waals surface area contributed by atoms with Gasteiger partial charge in [-0.15, -0.1) is 0 Å². The van der Waals surface area contributed by atoms with Crippen LogP contribution in [-0.2, 0) is 22.7 Å². The number of aromatic nitrogens is 2. The van der Waals surface area contributed by atoms with Crippen LogP contribution in [0.2, 0.25) is 0 Å². The number of nitrogens with zero attached hydrogens (tertiary/aromatic N) is 2. The Labute approximate surface area is 209 Å². The molecule has 0 saturated carbocycles. The molecule has 0 N–H and O–H groups in total. The first kappa shape index (κ1) is 23.4. The van der Waals surface area contributed by atoms with Gasteiger partial charge in [-0.3, -0.25) is 0 Å². The zero-order chi connectivity index (χ0) is 25.4. The van der Waals surface area contributed by atoms with Gasteiger partial charge in [0, 0.05) is 22.2 Å². The van der Waals surface area contributed by atoms with Crippen LogP contribution in [0.1, 0.15) is 33.6 Å². The summed E-state index contributed by atoms with van der Waals surface area (Å²) >= 11 is 0. The largest absolute Gasteiger partial charge is 0.444 e. The Morgan fingerprint density at radius 3 is 1.31 bits per heavy atom. The number of carbonyl (C=O) groups is 2. The Balaban J connectivity index is 1.53. The number of aryl methyl sites for hydroxylation is 2. The van der Waals surface area contributed by atoms with Gasteiger partial charge in [0.15, 0.2) is 0 Å². The quantitative estimate of drug-likeness (QED) is 0.273. The molecule has 0 aliphatic rings. The second kappa shape index (κ2) is 9.38. The van der Waals surface area contributed by atoms with Crippen LogP contribution in [0.3, 0.4) is 0 Å². The third-order valence-corrected chi connectivity index (χ3v) is 6.92. The lowest BCUT2D eigenvalue weighted by atomic mass is 10.0. The predicted octanol–water partition coefficient (Wildman–Crippen LogP) is 7.20. The molecule has 0 bridgehead atoms. The molecule has 0 radical (unpaired) electrons. The molecule has 182 valence electrons. The average molecular weight is 481 g/mol. The fourth-order valence-corrected chi connectivity index (χ4v) is 4.81. The van der Waals surface area contributed by atoms with Crippen molar-refractivity contribution in [2.75, 3.05) is 0 Å². The molecule has 6 heteroatoms. The molecule has 6 nitrogen and oxygen atoms in total. The zero-order valence-electron chi connectivity index (χ0n) is 20.9. The van der Waals surface area contributed by atoms with E-state index in [1.165, 1.54) is 0 Å². The molecule has 2 heterocycles. The molecular weight excluding hydrogens is 452 g/mol. The van der Waals surface area contributed by atoms with Gasteiger partial charge in [0.1, 0.15) is 13.2 Å². The number of ether oxygens (including phenoxy) is 2. The first-order valence-corrected chi connectivity index (χ1v) is 11.9. The minimum Gasteiger partial charge on any atom is -0.444 e. The number of carbonyl (C=O) groups excluding carboxylic acids is 2. The van der Waals surface area contributed by atoms with Crippen LogP contribution in [0, 0.1) is 27.7 Å². The van der Waals surface area contributed by atoms with Crippen LogP contribution in [-0.4, -0.2) is 21.3 Å². The summed E-state index contributed by atoms with van der Waals surface area (Å²) in [6, 6.07) is 23.0. The SMILES string of the molecule is Cc1c(C)n(C(=O)OCc2ccccc2)c2ccc3c(c(C)c(C)n3C(=O)OCc3ccccc3)c12. The molecule has 0 fully saturated rings. The van der Waals surface area contributed by atoms with Crippen molar-refractivity contribution in [1.82, 2.24) is 9.13 Å². The van der Waals surface area contributed by atoms with Gasteiger partial charge in [0.05, 0.1) is 11.0 Å². The van der Waals surface area contributed by atoms with Crippen molar-refractivity contribution in [3.05, 3.63) is 106 Å². The molecule has 0 saturated heterocycles. The summed E-state index contributed by atoms with van der Waals surface area (Å²) in [6.45, 7) is 8.22. The van der Waals surface area contributed by atoms with Crippen molar-refractivity contribution in [3.63, 3.8) is 0 Å². The summed E-state index contributed by atoms with van der Waals surface area (Å²) in [4.78, 5) is 26.3. The second-order valence-corrected chi connectivity index (χ2v) is 9.03. The van der Waals surface area contributed by atoms with Gasteiger partial charge < -0.3 is 9.47 Å².